The van der Waals surface area contributed by atoms with Gasteiger partial charge in [0.25, 0.3) is 5.91 Å². The van der Waals surface area contributed by atoms with Crippen LogP contribution in [0.1, 0.15) is 34.6 Å². The zero-order valence-electron chi connectivity index (χ0n) is 16.0. The molecule has 142 valence electrons. The van der Waals surface area contributed by atoms with Crippen LogP contribution in [-0.2, 0) is 4.79 Å². The lowest BCUT2D eigenvalue weighted by Gasteiger charge is -2.10. The summed E-state index contributed by atoms with van der Waals surface area (Å²) in [6.07, 6.45) is 1.95. The molecule has 1 fully saturated rings. The summed E-state index contributed by atoms with van der Waals surface area (Å²) in [6.45, 7) is 3.94. The molecule has 0 atom stereocenters. The zero-order chi connectivity index (χ0) is 19.7. The molecule has 0 radical (unpaired) electrons. The minimum atomic E-state index is -0.148. The van der Waals surface area contributed by atoms with Gasteiger partial charge in [-0.15, -0.1) is 0 Å². The molecule has 4 rings (SSSR count). The number of aromatic nitrogens is 1. The molecule has 1 heterocycles. The molecule has 2 amide bonds. The van der Waals surface area contributed by atoms with Crippen LogP contribution >= 0.6 is 0 Å². The lowest BCUT2D eigenvalue weighted by Crippen LogP contribution is -2.14. The Morgan fingerprint density at radius 1 is 0.893 bits per heavy atom. The van der Waals surface area contributed by atoms with Crippen molar-refractivity contribution in [2.24, 2.45) is 5.92 Å². The summed E-state index contributed by atoms with van der Waals surface area (Å²) in [5, 5.41) is 5.84. The third-order valence-electron chi connectivity index (χ3n) is 5.05. The van der Waals surface area contributed by atoms with Crippen LogP contribution in [0.2, 0.25) is 0 Å². The van der Waals surface area contributed by atoms with E-state index in [4.69, 9.17) is 0 Å². The summed E-state index contributed by atoms with van der Waals surface area (Å²) < 4.78 is 2.07. The van der Waals surface area contributed by atoms with Crippen molar-refractivity contribution in [1.82, 2.24) is 4.57 Å². The molecule has 0 unspecified atom stereocenters. The number of hydrogen-bond donors (Lipinski definition) is 2. The second-order valence-corrected chi connectivity index (χ2v) is 7.25. The van der Waals surface area contributed by atoms with Gasteiger partial charge in [0.2, 0.25) is 5.91 Å². The molecule has 1 aliphatic carbocycles. The summed E-state index contributed by atoms with van der Waals surface area (Å²) in [5.41, 5.74) is 5.03. The Morgan fingerprint density at radius 2 is 1.50 bits per heavy atom. The zero-order valence-corrected chi connectivity index (χ0v) is 16.0. The van der Waals surface area contributed by atoms with E-state index in [2.05, 4.69) is 15.2 Å². The molecule has 5 heteroatoms. The van der Waals surface area contributed by atoms with Crippen molar-refractivity contribution in [3.63, 3.8) is 0 Å². The molecule has 1 saturated carbocycles. The van der Waals surface area contributed by atoms with Crippen molar-refractivity contribution in [3.05, 3.63) is 77.6 Å². The van der Waals surface area contributed by atoms with Gasteiger partial charge in [0, 0.05) is 34.4 Å². The quantitative estimate of drug-likeness (QED) is 0.681. The van der Waals surface area contributed by atoms with Crippen LogP contribution in [0.25, 0.3) is 5.69 Å². The number of benzene rings is 2. The molecule has 1 aliphatic rings. The van der Waals surface area contributed by atoms with Crippen LogP contribution in [0.4, 0.5) is 11.4 Å². The van der Waals surface area contributed by atoms with Gasteiger partial charge in [-0.25, -0.2) is 0 Å². The number of anilines is 2. The lowest BCUT2D eigenvalue weighted by atomic mass is 10.2. The van der Waals surface area contributed by atoms with Crippen molar-refractivity contribution in [2.75, 3.05) is 10.6 Å². The van der Waals surface area contributed by atoms with Gasteiger partial charge in [0.05, 0.1) is 5.56 Å². The van der Waals surface area contributed by atoms with Crippen molar-refractivity contribution in [1.29, 1.82) is 0 Å². The van der Waals surface area contributed by atoms with Gasteiger partial charge < -0.3 is 15.2 Å². The van der Waals surface area contributed by atoms with E-state index >= 15 is 0 Å². The van der Waals surface area contributed by atoms with Crippen molar-refractivity contribution in [2.45, 2.75) is 26.7 Å². The molecule has 28 heavy (non-hydrogen) atoms. The summed E-state index contributed by atoms with van der Waals surface area (Å²) in [7, 11) is 0. The highest BCUT2D eigenvalue weighted by Gasteiger charge is 2.29. The van der Waals surface area contributed by atoms with E-state index in [1.54, 1.807) is 12.1 Å². The number of para-hydroxylation sites is 1. The summed E-state index contributed by atoms with van der Waals surface area (Å²) in [5.74, 6) is 0.0921. The standard InChI is InChI=1S/C23H23N3O2/c1-15-14-21(16(2)26(15)20-6-4-3-5-7-20)23(28)25-19-12-10-18(11-13-19)24-22(27)17-8-9-17/h3-7,10-14,17H,8-9H2,1-2H3,(H,24,27)(H,25,28). The van der Waals surface area contributed by atoms with E-state index in [9.17, 15) is 9.59 Å². The van der Waals surface area contributed by atoms with E-state index in [0.717, 1.165) is 35.6 Å². The maximum Gasteiger partial charge on any atom is 0.257 e. The Labute approximate surface area is 164 Å². The Balaban J connectivity index is 1.49. The third kappa shape index (κ3) is 3.69. The van der Waals surface area contributed by atoms with E-state index in [-0.39, 0.29) is 17.7 Å². The van der Waals surface area contributed by atoms with Crippen LogP contribution < -0.4 is 10.6 Å². The largest absolute Gasteiger partial charge is 0.326 e. The highest BCUT2D eigenvalue weighted by atomic mass is 16.2. The van der Waals surface area contributed by atoms with Gasteiger partial charge in [0.1, 0.15) is 0 Å². The molecule has 0 aliphatic heterocycles. The number of hydrogen-bond acceptors (Lipinski definition) is 2. The van der Waals surface area contributed by atoms with Gasteiger partial charge in [-0.3, -0.25) is 9.59 Å². The lowest BCUT2D eigenvalue weighted by molar-refractivity contribution is -0.117. The molecule has 3 aromatic rings. The van der Waals surface area contributed by atoms with Gasteiger partial charge in [0.15, 0.2) is 0 Å². The third-order valence-corrected chi connectivity index (χ3v) is 5.05. The minimum absolute atomic E-state index is 0.0742. The van der Waals surface area contributed by atoms with Gasteiger partial charge in [-0.2, -0.15) is 0 Å². The first-order valence-electron chi connectivity index (χ1n) is 9.49. The number of carbonyl (C=O) groups is 2. The Morgan fingerprint density at radius 3 is 2.11 bits per heavy atom. The molecule has 0 bridgehead atoms. The average molecular weight is 373 g/mol. The second-order valence-electron chi connectivity index (χ2n) is 7.25. The average Bonchev–Trinajstić information content (AvgIpc) is 3.49. The summed E-state index contributed by atoms with van der Waals surface area (Å²) in [6, 6.07) is 19.1. The molecule has 2 aromatic carbocycles. The molecule has 0 spiro atoms. The molecular formula is C23H23N3O2. The number of carbonyl (C=O) groups excluding carboxylic acids is 2. The van der Waals surface area contributed by atoms with E-state index in [0.29, 0.717) is 11.3 Å². The van der Waals surface area contributed by atoms with Gasteiger partial charge >= 0.3 is 0 Å². The minimum Gasteiger partial charge on any atom is -0.326 e. The van der Waals surface area contributed by atoms with Crippen LogP contribution in [0, 0.1) is 19.8 Å². The number of nitrogens with zero attached hydrogens (tertiary/aromatic N) is 1. The number of amides is 2. The fraction of sp³-hybridized carbons (Fsp3) is 0.217. The predicted octanol–water partition coefficient (Wildman–Crippen LogP) is 4.69. The Bertz CT molecular complexity index is 1020. The van der Waals surface area contributed by atoms with E-state index in [1.165, 1.54) is 0 Å². The van der Waals surface area contributed by atoms with Crippen molar-refractivity contribution in [3.8, 4) is 5.69 Å². The topological polar surface area (TPSA) is 63.1 Å². The van der Waals surface area contributed by atoms with Crippen LogP contribution in [0.3, 0.4) is 0 Å². The number of rotatable bonds is 5. The van der Waals surface area contributed by atoms with Crippen molar-refractivity contribution >= 4 is 23.2 Å². The molecule has 5 nitrogen and oxygen atoms in total. The highest BCUT2D eigenvalue weighted by molar-refractivity contribution is 6.05. The molecular weight excluding hydrogens is 350 g/mol. The fourth-order valence-corrected chi connectivity index (χ4v) is 3.39. The van der Waals surface area contributed by atoms with Crippen LogP contribution in [-0.4, -0.2) is 16.4 Å². The normalized spacial score (nSPS) is 13.2. The fourth-order valence-electron chi connectivity index (χ4n) is 3.39. The summed E-state index contributed by atoms with van der Waals surface area (Å²) >= 11 is 0. The molecule has 2 N–H and O–H groups in total. The first kappa shape index (κ1) is 18.0. The first-order chi connectivity index (χ1) is 13.5. The number of aryl methyl sites for hydroxylation is 1. The molecule has 1 aromatic heterocycles. The van der Waals surface area contributed by atoms with E-state index < -0.39 is 0 Å². The van der Waals surface area contributed by atoms with Gasteiger partial charge in [-0.1, -0.05) is 18.2 Å². The number of nitrogens with one attached hydrogen (secondary N) is 2. The van der Waals surface area contributed by atoms with Crippen LogP contribution in [0.15, 0.2) is 60.7 Å². The maximum absolute atomic E-state index is 12.8. The molecule has 0 saturated heterocycles. The van der Waals surface area contributed by atoms with Crippen LogP contribution in [0.5, 0.6) is 0 Å². The van der Waals surface area contributed by atoms with Gasteiger partial charge in [-0.05, 0) is 69.2 Å². The Kier molecular flexibility index (Phi) is 4.74. The highest BCUT2D eigenvalue weighted by Crippen LogP contribution is 2.30. The van der Waals surface area contributed by atoms with Crippen molar-refractivity contribution < 1.29 is 9.59 Å². The second kappa shape index (κ2) is 7.35. The monoisotopic (exact) mass is 373 g/mol. The maximum atomic E-state index is 12.8. The predicted molar refractivity (Wildman–Crippen MR) is 111 cm³/mol. The first-order valence-corrected chi connectivity index (χ1v) is 9.49. The Hall–Kier alpha value is -3.34. The SMILES string of the molecule is Cc1cc(C(=O)Nc2ccc(NC(=O)C3CC3)cc2)c(C)n1-c1ccccc1. The smallest absolute Gasteiger partial charge is 0.257 e. The van der Waals surface area contributed by atoms with E-state index in [1.807, 2.05) is 62.4 Å². The summed E-state index contributed by atoms with van der Waals surface area (Å²) in [4.78, 5) is 24.6.